The largest absolute Gasteiger partial charge is 0.493 e. The Kier molecular flexibility index (Phi) is 4.80. The SMILES string of the molecule is COc1cc2c(cc1OC)[C@H]1CCCC[C@@H]1O[C@H]2c1c(F)cccc1Cl. The highest BCUT2D eigenvalue weighted by atomic mass is 35.5. The van der Waals surface area contributed by atoms with Crippen molar-refractivity contribution in [1.29, 1.82) is 0 Å². The third-order valence-corrected chi connectivity index (χ3v) is 5.88. The summed E-state index contributed by atoms with van der Waals surface area (Å²) in [6.07, 6.45) is 3.85. The van der Waals surface area contributed by atoms with Gasteiger partial charge in [0.1, 0.15) is 11.9 Å². The zero-order valence-electron chi connectivity index (χ0n) is 14.9. The fraction of sp³-hybridized carbons (Fsp3) is 0.429. The number of hydrogen-bond donors (Lipinski definition) is 0. The van der Waals surface area contributed by atoms with Gasteiger partial charge in [-0.05, 0) is 48.2 Å². The van der Waals surface area contributed by atoms with Crippen molar-refractivity contribution < 1.29 is 18.6 Å². The second-order valence-corrected chi connectivity index (χ2v) is 7.32. The quantitative estimate of drug-likeness (QED) is 0.693. The number of benzene rings is 2. The number of fused-ring (bicyclic) bond motifs is 3. The molecule has 26 heavy (non-hydrogen) atoms. The van der Waals surface area contributed by atoms with Gasteiger partial charge in [0.15, 0.2) is 11.5 Å². The Morgan fingerprint density at radius 2 is 1.73 bits per heavy atom. The van der Waals surface area contributed by atoms with E-state index in [9.17, 15) is 4.39 Å². The lowest BCUT2D eigenvalue weighted by Gasteiger charge is -2.41. The summed E-state index contributed by atoms with van der Waals surface area (Å²) in [5.41, 5.74) is 2.47. The lowest BCUT2D eigenvalue weighted by Crippen LogP contribution is -2.34. The Labute approximate surface area is 158 Å². The summed E-state index contributed by atoms with van der Waals surface area (Å²) in [7, 11) is 3.23. The number of halogens is 2. The zero-order valence-corrected chi connectivity index (χ0v) is 15.7. The van der Waals surface area contributed by atoms with Crippen molar-refractivity contribution in [2.45, 2.75) is 43.8 Å². The van der Waals surface area contributed by atoms with E-state index in [4.69, 9.17) is 25.8 Å². The van der Waals surface area contributed by atoms with Gasteiger partial charge in [0, 0.05) is 16.5 Å². The van der Waals surface area contributed by atoms with Gasteiger partial charge in [0.2, 0.25) is 0 Å². The number of rotatable bonds is 3. The van der Waals surface area contributed by atoms with Crippen LogP contribution in [0.3, 0.4) is 0 Å². The molecule has 0 saturated heterocycles. The molecule has 0 bridgehead atoms. The second kappa shape index (κ2) is 7.09. The maximum Gasteiger partial charge on any atom is 0.161 e. The summed E-state index contributed by atoms with van der Waals surface area (Å²) in [5, 5.41) is 0.380. The minimum Gasteiger partial charge on any atom is -0.493 e. The molecule has 1 fully saturated rings. The first-order valence-corrected chi connectivity index (χ1v) is 9.37. The maximum atomic E-state index is 14.7. The van der Waals surface area contributed by atoms with Gasteiger partial charge in [0.05, 0.1) is 20.3 Å². The van der Waals surface area contributed by atoms with Gasteiger partial charge in [-0.3, -0.25) is 0 Å². The van der Waals surface area contributed by atoms with Crippen molar-refractivity contribution in [3.8, 4) is 11.5 Å². The topological polar surface area (TPSA) is 27.7 Å². The molecule has 0 unspecified atom stereocenters. The van der Waals surface area contributed by atoms with Crippen LogP contribution in [-0.4, -0.2) is 20.3 Å². The molecule has 1 aliphatic heterocycles. The minimum atomic E-state index is -0.544. The predicted octanol–water partition coefficient (Wildman–Crippen LogP) is 5.64. The van der Waals surface area contributed by atoms with Crippen molar-refractivity contribution in [3.05, 3.63) is 57.9 Å². The van der Waals surface area contributed by atoms with Crippen LogP contribution in [0, 0.1) is 5.82 Å². The van der Waals surface area contributed by atoms with Gasteiger partial charge in [-0.2, -0.15) is 0 Å². The molecular weight excluding hydrogens is 355 g/mol. The zero-order chi connectivity index (χ0) is 18.3. The van der Waals surface area contributed by atoms with E-state index in [1.165, 1.54) is 12.5 Å². The van der Waals surface area contributed by atoms with Crippen LogP contribution in [0.15, 0.2) is 30.3 Å². The Morgan fingerprint density at radius 1 is 1.04 bits per heavy atom. The molecule has 4 rings (SSSR count). The van der Waals surface area contributed by atoms with Crippen LogP contribution in [0.5, 0.6) is 11.5 Å². The van der Waals surface area contributed by atoms with Crippen molar-refractivity contribution in [1.82, 2.24) is 0 Å². The first-order chi connectivity index (χ1) is 12.6. The van der Waals surface area contributed by atoms with Crippen molar-refractivity contribution >= 4 is 11.6 Å². The van der Waals surface area contributed by atoms with Gasteiger partial charge in [-0.15, -0.1) is 0 Å². The molecule has 1 heterocycles. The summed E-state index contributed by atoms with van der Waals surface area (Å²) >= 11 is 6.36. The third kappa shape index (κ3) is 2.85. The number of hydrogen-bond acceptors (Lipinski definition) is 3. The normalized spacial score (nSPS) is 24.5. The van der Waals surface area contributed by atoms with Crippen molar-refractivity contribution in [2.75, 3.05) is 14.2 Å². The average molecular weight is 377 g/mol. The summed E-state index contributed by atoms with van der Waals surface area (Å²) in [6, 6.07) is 8.69. The molecule has 0 aromatic heterocycles. The number of methoxy groups -OCH3 is 2. The predicted molar refractivity (Wildman–Crippen MR) is 98.9 cm³/mol. The van der Waals surface area contributed by atoms with E-state index >= 15 is 0 Å². The third-order valence-electron chi connectivity index (χ3n) is 5.55. The fourth-order valence-corrected chi connectivity index (χ4v) is 4.57. The monoisotopic (exact) mass is 376 g/mol. The highest BCUT2D eigenvalue weighted by molar-refractivity contribution is 6.31. The van der Waals surface area contributed by atoms with Gasteiger partial charge >= 0.3 is 0 Å². The van der Waals surface area contributed by atoms with Crippen molar-refractivity contribution in [3.63, 3.8) is 0 Å². The lowest BCUT2D eigenvalue weighted by molar-refractivity contribution is -0.0403. The highest BCUT2D eigenvalue weighted by Gasteiger charge is 2.40. The van der Waals surface area contributed by atoms with E-state index < -0.39 is 6.10 Å². The Balaban J connectivity index is 1.92. The van der Waals surface area contributed by atoms with E-state index in [1.54, 1.807) is 26.4 Å². The average Bonchev–Trinajstić information content (AvgIpc) is 2.66. The molecule has 2 aliphatic rings. The molecule has 2 aromatic rings. The van der Waals surface area contributed by atoms with E-state index in [-0.39, 0.29) is 11.9 Å². The van der Waals surface area contributed by atoms with Crippen LogP contribution in [-0.2, 0) is 4.74 Å². The molecule has 3 nitrogen and oxygen atoms in total. The van der Waals surface area contributed by atoms with Gasteiger partial charge in [-0.25, -0.2) is 4.39 Å². The molecule has 0 N–H and O–H groups in total. The molecule has 0 spiro atoms. The Hall–Kier alpha value is -1.78. The molecular formula is C21H22ClFO3. The minimum absolute atomic E-state index is 0.0648. The first-order valence-electron chi connectivity index (χ1n) is 8.99. The number of ether oxygens (including phenoxy) is 3. The highest BCUT2D eigenvalue weighted by Crippen LogP contribution is 2.50. The molecule has 138 valence electrons. The molecule has 0 radical (unpaired) electrons. The van der Waals surface area contributed by atoms with E-state index in [1.807, 2.05) is 12.1 Å². The maximum absolute atomic E-state index is 14.7. The summed E-state index contributed by atoms with van der Waals surface area (Å²) in [4.78, 5) is 0. The summed E-state index contributed by atoms with van der Waals surface area (Å²) < 4.78 is 32.1. The van der Waals surface area contributed by atoms with Gasteiger partial charge in [-0.1, -0.05) is 30.5 Å². The molecule has 3 atom stereocenters. The molecule has 2 aromatic carbocycles. The van der Waals surface area contributed by atoms with Crippen LogP contribution in [0.2, 0.25) is 5.02 Å². The van der Waals surface area contributed by atoms with E-state index in [2.05, 4.69) is 0 Å². The Bertz CT molecular complexity index is 803. The smallest absolute Gasteiger partial charge is 0.161 e. The van der Waals surface area contributed by atoms with Crippen LogP contribution < -0.4 is 9.47 Å². The first kappa shape index (κ1) is 17.6. The van der Waals surface area contributed by atoms with E-state index in [0.717, 1.165) is 30.4 Å². The molecule has 1 aliphatic carbocycles. The molecule has 5 heteroatoms. The second-order valence-electron chi connectivity index (χ2n) is 6.92. The Morgan fingerprint density at radius 3 is 2.42 bits per heavy atom. The lowest BCUT2D eigenvalue weighted by atomic mass is 9.75. The van der Waals surface area contributed by atoms with Gasteiger partial charge in [0.25, 0.3) is 0 Å². The molecule has 1 saturated carbocycles. The summed E-state index contributed by atoms with van der Waals surface area (Å²) in [6.45, 7) is 0. The van der Waals surface area contributed by atoms with Crippen LogP contribution in [0.4, 0.5) is 4.39 Å². The summed E-state index contributed by atoms with van der Waals surface area (Å²) in [5.74, 6) is 1.25. The van der Waals surface area contributed by atoms with Crippen LogP contribution in [0.25, 0.3) is 0 Å². The fourth-order valence-electron chi connectivity index (χ4n) is 4.31. The van der Waals surface area contributed by atoms with Crippen LogP contribution >= 0.6 is 11.6 Å². The van der Waals surface area contributed by atoms with Gasteiger partial charge < -0.3 is 14.2 Å². The van der Waals surface area contributed by atoms with Crippen molar-refractivity contribution in [2.24, 2.45) is 0 Å². The van der Waals surface area contributed by atoms with E-state index in [0.29, 0.717) is 28.0 Å². The molecule has 0 amide bonds. The van der Waals surface area contributed by atoms with Crippen LogP contribution in [0.1, 0.15) is 54.4 Å². The standard InChI is InChI=1S/C21H22ClFO3/c1-24-18-10-13-12-6-3-4-9-17(12)26-21(14(13)11-19(18)25-2)20-15(22)7-5-8-16(20)23/h5,7-8,10-12,17,21H,3-4,6,9H2,1-2H3/t12-,17+,21-/m1/s1.